The molecule has 1 atom stereocenters. The van der Waals surface area contributed by atoms with Gasteiger partial charge in [0, 0.05) is 24.2 Å². The first kappa shape index (κ1) is 16.4. The second-order valence-corrected chi connectivity index (χ2v) is 6.98. The summed E-state index contributed by atoms with van der Waals surface area (Å²) >= 11 is 12.0. The van der Waals surface area contributed by atoms with Crippen LogP contribution in [0.5, 0.6) is 0 Å². The largest absolute Gasteiger partial charge is 0.371 e. The summed E-state index contributed by atoms with van der Waals surface area (Å²) < 4.78 is 0. The molecule has 1 fully saturated rings. The first-order valence-electron chi connectivity index (χ1n) is 6.89. The molecule has 2 rings (SSSR count). The van der Waals surface area contributed by atoms with E-state index >= 15 is 0 Å². The predicted molar refractivity (Wildman–Crippen MR) is 86.0 cm³/mol. The molecule has 1 aliphatic heterocycles. The van der Waals surface area contributed by atoms with Crippen LogP contribution in [-0.2, 0) is 0 Å². The van der Waals surface area contributed by atoms with Crippen LogP contribution in [0.15, 0.2) is 18.2 Å². The Balaban J connectivity index is 2.50. The topological polar surface area (TPSA) is 43.8 Å². The molecule has 21 heavy (non-hydrogen) atoms. The lowest BCUT2D eigenvalue weighted by molar-refractivity contribution is -0.0238. The molecule has 4 nitrogen and oxygen atoms in total. The van der Waals surface area contributed by atoms with Crippen molar-refractivity contribution in [3.63, 3.8) is 0 Å². The average molecular weight is 331 g/mol. The van der Waals surface area contributed by atoms with Crippen molar-refractivity contribution in [3.05, 3.63) is 28.2 Å². The molecule has 0 bridgehead atoms. The number of urea groups is 1. The van der Waals surface area contributed by atoms with E-state index in [0.717, 1.165) is 0 Å². The summed E-state index contributed by atoms with van der Waals surface area (Å²) in [5.74, 6) is 0. The zero-order chi connectivity index (χ0) is 16.0. The molecule has 0 radical (unpaired) electrons. The quantitative estimate of drug-likeness (QED) is 0.885. The van der Waals surface area contributed by atoms with Crippen molar-refractivity contribution in [2.75, 3.05) is 11.4 Å². The van der Waals surface area contributed by atoms with E-state index in [1.54, 1.807) is 30.0 Å². The smallest absolute Gasteiger partial charge is 0.327 e. The van der Waals surface area contributed by atoms with E-state index in [1.807, 2.05) is 20.8 Å². The Kier molecular flexibility index (Phi) is 4.17. The number of halogens is 2. The number of rotatable bonds is 2. The molecule has 0 aromatic heterocycles. The highest BCUT2D eigenvalue weighted by atomic mass is 35.5. The SMILES string of the molecule is CCN1C(=O)N(c2ccc(Cl)c(Cl)c2)C(C)(O)CC1(C)C. The number of hydrogen-bond acceptors (Lipinski definition) is 2. The van der Waals surface area contributed by atoms with Gasteiger partial charge in [-0.25, -0.2) is 4.79 Å². The number of carbonyl (C=O) groups excluding carboxylic acids is 1. The van der Waals surface area contributed by atoms with Gasteiger partial charge in [0.05, 0.1) is 10.0 Å². The van der Waals surface area contributed by atoms with Crippen molar-refractivity contribution >= 4 is 34.9 Å². The number of carbonyl (C=O) groups is 1. The van der Waals surface area contributed by atoms with Gasteiger partial charge in [-0.2, -0.15) is 0 Å². The highest BCUT2D eigenvalue weighted by Crippen LogP contribution is 2.40. The van der Waals surface area contributed by atoms with Gasteiger partial charge in [-0.3, -0.25) is 4.90 Å². The normalized spacial score (nSPS) is 25.4. The van der Waals surface area contributed by atoms with Crippen molar-refractivity contribution in [2.45, 2.75) is 45.4 Å². The van der Waals surface area contributed by atoms with Crippen LogP contribution in [0.25, 0.3) is 0 Å². The van der Waals surface area contributed by atoms with E-state index in [-0.39, 0.29) is 6.03 Å². The molecular formula is C15H20Cl2N2O2. The van der Waals surface area contributed by atoms with Crippen molar-refractivity contribution < 1.29 is 9.90 Å². The predicted octanol–water partition coefficient (Wildman–Crippen LogP) is 4.13. The lowest BCUT2D eigenvalue weighted by Gasteiger charge is -2.53. The van der Waals surface area contributed by atoms with Gasteiger partial charge in [0.1, 0.15) is 5.72 Å². The molecule has 1 saturated heterocycles. The number of nitrogens with zero attached hydrogens (tertiary/aromatic N) is 2. The molecule has 0 saturated carbocycles. The van der Waals surface area contributed by atoms with E-state index in [2.05, 4.69) is 0 Å². The number of hydrogen-bond donors (Lipinski definition) is 1. The number of aliphatic hydroxyl groups is 1. The third-order valence-electron chi connectivity index (χ3n) is 3.88. The van der Waals surface area contributed by atoms with E-state index in [1.165, 1.54) is 4.90 Å². The van der Waals surface area contributed by atoms with Crippen LogP contribution in [0.4, 0.5) is 10.5 Å². The molecule has 1 unspecified atom stereocenters. The maximum Gasteiger partial charge on any atom is 0.327 e. The van der Waals surface area contributed by atoms with Crippen LogP contribution >= 0.6 is 23.2 Å². The zero-order valence-corrected chi connectivity index (χ0v) is 14.2. The Bertz CT molecular complexity index is 573. The van der Waals surface area contributed by atoms with Gasteiger partial charge in [-0.15, -0.1) is 0 Å². The van der Waals surface area contributed by atoms with Crippen molar-refractivity contribution in [1.82, 2.24) is 4.90 Å². The molecule has 6 heteroatoms. The second kappa shape index (κ2) is 5.34. The van der Waals surface area contributed by atoms with Crippen molar-refractivity contribution in [3.8, 4) is 0 Å². The zero-order valence-electron chi connectivity index (χ0n) is 12.7. The van der Waals surface area contributed by atoms with E-state index in [9.17, 15) is 9.90 Å². The molecule has 1 aliphatic rings. The number of amides is 2. The molecule has 1 N–H and O–H groups in total. The monoisotopic (exact) mass is 330 g/mol. The highest BCUT2D eigenvalue weighted by Gasteiger charge is 2.49. The fourth-order valence-electron chi connectivity index (χ4n) is 3.16. The Morgan fingerprint density at radius 3 is 2.38 bits per heavy atom. The molecule has 1 heterocycles. The fraction of sp³-hybridized carbons (Fsp3) is 0.533. The van der Waals surface area contributed by atoms with E-state index in [4.69, 9.17) is 23.2 Å². The maximum atomic E-state index is 12.8. The van der Waals surface area contributed by atoms with Gasteiger partial charge in [0.15, 0.2) is 0 Å². The molecule has 0 aliphatic carbocycles. The van der Waals surface area contributed by atoms with E-state index in [0.29, 0.717) is 28.7 Å². The first-order chi connectivity index (χ1) is 9.60. The second-order valence-electron chi connectivity index (χ2n) is 6.17. The summed E-state index contributed by atoms with van der Waals surface area (Å²) in [6, 6.07) is 4.67. The highest BCUT2D eigenvalue weighted by molar-refractivity contribution is 6.42. The Morgan fingerprint density at radius 2 is 1.86 bits per heavy atom. The van der Waals surface area contributed by atoms with Gasteiger partial charge in [0.2, 0.25) is 0 Å². The minimum absolute atomic E-state index is 0.239. The van der Waals surface area contributed by atoms with Crippen LogP contribution < -0.4 is 4.90 Å². The van der Waals surface area contributed by atoms with Gasteiger partial charge in [0.25, 0.3) is 0 Å². The summed E-state index contributed by atoms with van der Waals surface area (Å²) in [7, 11) is 0. The Labute approximate surface area is 135 Å². The molecule has 0 spiro atoms. The van der Waals surface area contributed by atoms with Gasteiger partial charge in [-0.05, 0) is 45.9 Å². The number of benzene rings is 1. The summed E-state index contributed by atoms with van der Waals surface area (Å²) in [6.45, 7) is 8.04. The van der Waals surface area contributed by atoms with Crippen LogP contribution in [0.3, 0.4) is 0 Å². The Hall–Kier alpha value is -0.970. The first-order valence-corrected chi connectivity index (χ1v) is 7.65. The minimum Gasteiger partial charge on any atom is -0.371 e. The maximum absolute atomic E-state index is 12.8. The number of anilines is 1. The summed E-state index contributed by atoms with van der Waals surface area (Å²) in [5.41, 5.74) is -1.17. The third-order valence-corrected chi connectivity index (χ3v) is 4.62. The summed E-state index contributed by atoms with van der Waals surface area (Å²) in [6.07, 6.45) is 0.430. The van der Waals surface area contributed by atoms with Crippen LogP contribution in [-0.4, -0.2) is 33.8 Å². The summed E-state index contributed by atoms with van der Waals surface area (Å²) in [5, 5.41) is 11.5. The van der Waals surface area contributed by atoms with Gasteiger partial charge >= 0.3 is 6.03 Å². The minimum atomic E-state index is -1.29. The van der Waals surface area contributed by atoms with Crippen LogP contribution in [0.2, 0.25) is 10.0 Å². The molecule has 1 aromatic carbocycles. The van der Waals surface area contributed by atoms with Crippen molar-refractivity contribution in [1.29, 1.82) is 0 Å². The molecule has 116 valence electrons. The third kappa shape index (κ3) is 2.85. The average Bonchev–Trinajstić information content (AvgIpc) is 2.31. The van der Waals surface area contributed by atoms with Crippen molar-refractivity contribution in [2.24, 2.45) is 0 Å². The molecule has 1 aromatic rings. The van der Waals surface area contributed by atoms with Crippen LogP contribution in [0, 0.1) is 0 Å². The lowest BCUT2D eigenvalue weighted by Crippen LogP contribution is -2.68. The fourth-order valence-corrected chi connectivity index (χ4v) is 3.45. The van der Waals surface area contributed by atoms with E-state index < -0.39 is 11.3 Å². The van der Waals surface area contributed by atoms with Gasteiger partial charge in [-0.1, -0.05) is 23.2 Å². The Morgan fingerprint density at radius 1 is 1.24 bits per heavy atom. The summed E-state index contributed by atoms with van der Waals surface area (Å²) in [4.78, 5) is 15.9. The molecular weight excluding hydrogens is 311 g/mol. The van der Waals surface area contributed by atoms with Crippen LogP contribution in [0.1, 0.15) is 34.1 Å². The lowest BCUT2D eigenvalue weighted by atomic mass is 9.87. The molecule has 2 amide bonds. The van der Waals surface area contributed by atoms with Gasteiger partial charge < -0.3 is 10.0 Å². The standard InChI is InChI=1S/C15H20Cl2N2O2/c1-5-18-13(20)19(15(4,21)9-14(18,2)3)10-6-7-11(16)12(17)8-10/h6-8,21H,5,9H2,1-4H3.